The van der Waals surface area contributed by atoms with E-state index in [4.69, 9.17) is 0 Å². The molecule has 8 heteroatoms. The number of nitrogens with zero attached hydrogens (tertiary/aromatic N) is 4. The van der Waals surface area contributed by atoms with Crippen molar-refractivity contribution in [2.24, 2.45) is 0 Å². The molecule has 2 N–H and O–H groups in total. The summed E-state index contributed by atoms with van der Waals surface area (Å²) in [5.41, 5.74) is 3.13. The van der Waals surface area contributed by atoms with Crippen LogP contribution in [0.2, 0.25) is 0 Å². The maximum absolute atomic E-state index is 12.2. The zero-order valence-electron chi connectivity index (χ0n) is 15.2. The smallest absolute Gasteiger partial charge is 0.259 e. The molecule has 0 saturated carbocycles. The molecule has 0 atom stereocenters. The second-order valence-corrected chi connectivity index (χ2v) is 7.73. The van der Waals surface area contributed by atoms with Gasteiger partial charge in [-0.25, -0.2) is 4.98 Å². The highest BCUT2D eigenvalue weighted by Gasteiger charge is 2.10. The fourth-order valence-electron chi connectivity index (χ4n) is 2.98. The van der Waals surface area contributed by atoms with E-state index in [2.05, 4.69) is 25.4 Å². The van der Waals surface area contributed by atoms with Crippen LogP contribution >= 0.6 is 11.3 Å². The number of aromatic amines is 1. The summed E-state index contributed by atoms with van der Waals surface area (Å²) >= 11 is 1.53. The highest BCUT2D eigenvalue weighted by atomic mass is 32.1. The van der Waals surface area contributed by atoms with Crippen molar-refractivity contribution >= 4 is 21.6 Å². The third-order valence-corrected chi connectivity index (χ3v) is 5.25. The Morgan fingerprint density at radius 2 is 2.19 bits per heavy atom. The van der Waals surface area contributed by atoms with Crippen LogP contribution in [0.25, 0.3) is 10.2 Å². The maximum atomic E-state index is 12.2. The number of hydrogen-bond acceptors (Lipinski definition) is 6. The molecular weight excluding hydrogens is 360 g/mol. The van der Waals surface area contributed by atoms with E-state index in [0.29, 0.717) is 24.3 Å². The van der Waals surface area contributed by atoms with Gasteiger partial charge in [0.15, 0.2) is 0 Å². The van der Waals surface area contributed by atoms with Gasteiger partial charge in [0.1, 0.15) is 10.7 Å². The second kappa shape index (κ2) is 7.42. The highest BCUT2D eigenvalue weighted by Crippen LogP contribution is 2.20. The molecule has 0 saturated heterocycles. The first-order valence-corrected chi connectivity index (χ1v) is 9.52. The number of pyridine rings is 1. The number of hydrogen-bond donors (Lipinski definition) is 2. The zero-order chi connectivity index (χ0) is 18.8. The predicted octanol–water partition coefficient (Wildman–Crippen LogP) is 2.53. The minimum Gasteiger partial charge on any atom is -0.308 e. The van der Waals surface area contributed by atoms with Crippen molar-refractivity contribution in [3.8, 4) is 0 Å². The highest BCUT2D eigenvalue weighted by molar-refractivity contribution is 7.18. The number of aromatic nitrogens is 5. The van der Waals surface area contributed by atoms with Crippen molar-refractivity contribution in [2.75, 3.05) is 0 Å². The molecule has 0 spiro atoms. The molecule has 4 heterocycles. The van der Waals surface area contributed by atoms with Crippen molar-refractivity contribution < 1.29 is 0 Å². The van der Waals surface area contributed by atoms with Crippen LogP contribution in [0.5, 0.6) is 0 Å². The molecule has 0 aliphatic heterocycles. The standard InChI is InChI=1S/C19H20N6OS/c1-12-6-16-18(26)22-17(23-19(16)27-12)11-25-10-15(13(2)24-25)9-21-8-14-4-3-5-20-7-14/h3-7,10,21H,8-9,11H2,1-2H3,(H,22,23,26). The molecule has 0 aromatic carbocycles. The molecule has 27 heavy (non-hydrogen) atoms. The summed E-state index contributed by atoms with van der Waals surface area (Å²) in [5.74, 6) is 0.617. The molecule has 4 aromatic rings. The van der Waals surface area contributed by atoms with Gasteiger partial charge in [0, 0.05) is 42.1 Å². The lowest BCUT2D eigenvalue weighted by molar-refractivity contribution is 0.649. The van der Waals surface area contributed by atoms with Crippen LogP contribution in [0, 0.1) is 13.8 Å². The van der Waals surface area contributed by atoms with Gasteiger partial charge >= 0.3 is 0 Å². The summed E-state index contributed by atoms with van der Waals surface area (Å²) in [4.78, 5) is 25.6. The minimum atomic E-state index is -0.0958. The molecule has 0 radical (unpaired) electrons. The van der Waals surface area contributed by atoms with Crippen LogP contribution < -0.4 is 10.9 Å². The van der Waals surface area contributed by atoms with E-state index in [1.165, 1.54) is 11.3 Å². The first-order valence-electron chi connectivity index (χ1n) is 8.70. The third-order valence-electron chi connectivity index (χ3n) is 4.30. The van der Waals surface area contributed by atoms with Gasteiger partial charge in [-0.15, -0.1) is 11.3 Å². The van der Waals surface area contributed by atoms with Gasteiger partial charge in [0.2, 0.25) is 0 Å². The summed E-state index contributed by atoms with van der Waals surface area (Å²) in [6.07, 6.45) is 5.62. The van der Waals surface area contributed by atoms with Gasteiger partial charge in [0.05, 0.1) is 17.6 Å². The largest absolute Gasteiger partial charge is 0.308 e. The van der Waals surface area contributed by atoms with E-state index in [9.17, 15) is 4.79 Å². The summed E-state index contributed by atoms with van der Waals surface area (Å²) in [7, 11) is 0. The van der Waals surface area contributed by atoms with Gasteiger partial charge in [-0.3, -0.25) is 14.5 Å². The molecule has 4 aromatic heterocycles. The summed E-state index contributed by atoms with van der Waals surface area (Å²) < 4.78 is 1.82. The fourth-order valence-corrected chi connectivity index (χ4v) is 3.88. The Morgan fingerprint density at radius 1 is 1.30 bits per heavy atom. The Hall–Kier alpha value is -2.84. The molecule has 0 aliphatic carbocycles. The van der Waals surface area contributed by atoms with E-state index < -0.39 is 0 Å². The van der Waals surface area contributed by atoms with E-state index in [-0.39, 0.29) is 5.56 Å². The molecule has 0 unspecified atom stereocenters. The summed E-state index contributed by atoms with van der Waals surface area (Å²) in [5, 5.41) is 8.61. The van der Waals surface area contributed by atoms with Crippen molar-refractivity contribution in [3.63, 3.8) is 0 Å². The SMILES string of the molecule is Cc1cc2c(=O)[nH]c(Cn3cc(CNCc4cccnc4)c(C)n3)nc2s1. The first kappa shape index (κ1) is 17.6. The Labute approximate surface area is 160 Å². The Morgan fingerprint density at radius 3 is 3.00 bits per heavy atom. The molecule has 4 rings (SSSR count). The Bertz CT molecular complexity index is 1130. The van der Waals surface area contributed by atoms with Crippen LogP contribution in [0.15, 0.2) is 41.6 Å². The van der Waals surface area contributed by atoms with Gasteiger partial charge in [-0.2, -0.15) is 5.10 Å². The number of rotatable bonds is 6. The average molecular weight is 380 g/mol. The summed E-state index contributed by atoms with van der Waals surface area (Å²) in [6, 6.07) is 5.85. The molecular formula is C19H20N6OS. The lowest BCUT2D eigenvalue weighted by Gasteiger charge is -2.03. The van der Waals surface area contributed by atoms with E-state index in [1.807, 2.05) is 49.1 Å². The van der Waals surface area contributed by atoms with Crippen molar-refractivity contribution in [1.82, 2.24) is 30.0 Å². The topological polar surface area (TPSA) is 88.5 Å². The van der Waals surface area contributed by atoms with Crippen LogP contribution in [-0.2, 0) is 19.6 Å². The first-order chi connectivity index (χ1) is 13.1. The summed E-state index contributed by atoms with van der Waals surface area (Å²) in [6.45, 7) is 5.87. The molecule has 0 amide bonds. The lowest BCUT2D eigenvalue weighted by Crippen LogP contribution is -2.14. The molecule has 0 fully saturated rings. The van der Waals surface area contributed by atoms with Crippen LogP contribution in [-0.4, -0.2) is 24.7 Å². The number of nitrogens with one attached hydrogen (secondary N) is 2. The Kier molecular flexibility index (Phi) is 4.83. The van der Waals surface area contributed by atoms with Crippen LogP contribution in [0.4, 0.5) is 0 Å². The van der Waals surface area contributed by atoms with Gasteiger partial charge in [-0.05, 0) is 31.5 Å². The monoisotopic (exact) mass is 380 g/mol. The average Bonchev–Trinajstić information content (AvgIpc) is 3.18. The normalized spacial score (nSPS) is 11.3. The zero-order valence-corrected chi connectivity index (χ0v) is 16.0. The molecule has 7 nitrogen and oxygen atoms in total. The maximum Gasteiger partial charge on any atom is 0.259 e. The van der Waals surface area contributed by atoms with E-state index in [0.717, 1.165) is 33.1 Å². The minimum absolute atomic E-state index is 0.0958. The van der Waals surface area contributed by atoms with Gasteiger partial charge in [-0.1, -0.05) is 6.07 Å². The van der Waals surface area contributed by atoms with Crippen LogP contribution in [0.1, 0.15) is 27.5 Å². The molecule has 138 valence electrons. The molecule has 0 bridgehead atoms. The van der Waals surface area contributed by atoms with Crippen molar-refractivity contribution in [2.45, 2.75) is 33.5 Å². The van der Waals surface area contributed by atoms with Crippen LogP contribution in [0.3, 0.4) is 0 Å². The van der Waals surface area contributed by atoms with Crippen molar-refractivity contribution in [3.05, 3.63) is 74.7 Å². The van der Waals surface area contributed by atoms with Gasteiger partial charge < -0.3 is 10.3 Å². The number of H-pyrrole nitrogens is 1. The Balaban J connectivity index is 1.46. The lowest BCUT2D eigenvalue weighted by atomic mass is 10.2. The third kappa shape index (κ3) is 3.96. The van der Waals surface area contributed by atoms with Crippen molar-refractivity contribution in [1.29, 1.82) is 0 Å². The number of aryl methyl sites for hydroxylation is 2. The number of thiophene rings is 1. The van der Waals surface area contributed by atoms with E-state index in [1.54, 1.807) is 6.20 Å². The molecule has 0 aliphatic rings. The second-order valence-electron chi connectivity index (χ2n) is 6.49. The predicted molar refractivity (Wildman–Crippen MR) is 106 cm³/mol. The quantitative estimate of drug-likeness (QED) is 0.537. The van der Waals surface area contributed by atoms with Gasteiger partial charge in [0.25, 0.3) is 5.56 Å². The number of fused-ring (bicyclic) bond motifs is 1. The fraction of sp³-hybridized carbons (Fsp3) is 0.263. The van der Waals surface area contributed by atoms with E-state index >= 15 is 0 Å².